The molecule has 0 aliphatic heterocycles. The zero-order chi connectivity index (χ0) is 17.8. The largest absolute Gasteiger partial charge is 0.451 e. The molecule has 1 atom stereocenters. The fraction of sp³-hybridized carbons (Fsp3) is 0.0909. The number of pyridine rings is 1. The molecule has 0 spiro atoms. The van der Waals surface area contributed by atoms with Gasteiger partial charge in [-0.3, -0.25) is 9.78 Å². The van der Waals surface area contributed by atoms with Crippen LogP contribution in [-0.4, -0.2) is 15.5 Å². The maximum absolute atomic E-state index is 12.7. The quantitative estimate of drug-likeness (QED) is 0.506. The Bertz CT molecular complexity index is 970. The second kappa shape index (κ2) is 7.23. The van der Waals surface area contributed by atoms with E-state index in [1.54, 1.807) is 12.4 Å². The van der Waals surface area contributed by atoms with Gasteiger partial charge in [0.25, 0.3) is 0 Å². The van der Waals surface area contributed by atoms with Crippen LogP contribution in [0.15, 0.2) is 91.4 Å². The molecule has 0 fully saturated rings. The number of carbonyl (C=O) groups excluding carboxylic acids is 1. The molecule has 0 bridgehead atoms. The van der Waals surface area contributed by atoms with E-state index in [2.05, 4.69) is 4.98 Å². The monoisotopic (exact) mass is 342 g/mol. The lowest BCUT2D eigenvalue weighted by Crippen LogP contribution is -2.17. The van der Waals surface area contributed by atoms with E-state index in [0.29, 0.717) is 0 Å². The molecular formula is C22H18N2O2. The number of aromatic nitrogens is 2. The van der Waals surface area contributed by atoms with E-state index in [-0.39, 0.29) is 12.5 Å². The Hall–Kier alpha value is -3.40. The van der Waals surface area contributed by atoms with E-state index >= 15 is 0 Å². The fourth-order valence-electron chi connectivity index (χ4n) is 3.08. The van der Waals surface area contributed by atoms with Crippen molar-refractivity contribution >= 4 is 16.9 Å². The first-order valence-corrected chi connectivity index (χ1v) is 8.49. The SMILES string of the molecule is O=C(Cn1ccc2ccccc21)OC(c1ccccc1)c1ccncc1. The van der Waals surface area contributed by atoms with Crippen molar-refractivity contribution in [3.63, 3.8) is 0 Å². The molecule has 0 aliphatic rings. The van der Waals surface area contributed by atoms with Crippen LogP contribution in [0.4, 0.5) is 0 Å². The first-order chi connectivity index (χ1) is 12.8. The van der Waals surface area contributed by atoms with Crippen molar-refractivity contribution < 1.29 is 9.53 Å². The predicted molar refractivity (Wildman–Crippen MR) is 101 cm³/mol. The molecule has 2 aromatic carbocycles. The van der Waals surface area contributed by atoms with Crippen LogP contribution >= 0.6 is 0 Å². The third-order valence-electron chi connectivity index (χ3n) is 4.34. The maximum Gasteiger partial charge on any atom is 0.326 e. The Balaban J connectivity index is 1.58. The van der Waals surface area contributed by atoms with Gasteiger partial charge in [-0.05, 0) is 35.2 Å². The van der Waals surface area contributed by atoms with Gasteiger partial charge in [-0.1, -0.05) is 48.5 Å². The standard InChI is InChI=1S/C22H18N2O2/c25-21(16-24-15-12-17-6-4-5-9-20(17)24)26-22(18-7-2-1-3-8-18)19-10-13-23-14-11-19/h1-15,22H,16H2. The molecule has 4 rings (SSSR count). The summed E-state index contributed by atoms with van der Waals surface area (Å²) in [5.74, 6) is -0.281. The van der Waals surface area contributed by atoms with Gasteiger partial charge >= 0.3 is 5.97 Å². The average Bonchev–Trinajstić information content (AvgIpc) is 3.10. The van der Waals surface area contributed by atoms with Crippen LogP contribution in [0, 0.1) is 0 Å². The first-order valence-electron chi connectivity index (χ1n) is 8.49. The highest BCUT2D eigenvalue weighted by Crippen LogP contribution is 2.26. The Kier molecular flexibility index (Phi) is 4.48. The lowest BCUT2D eigenvalue weighted by Gasteiger charge is -2.19. The zero-order valence-corrected chi connectivity index (χ0v) is 14.2. The summed E-state index contributed by atoms with van der Waals surface area (Å²) in [6.07, 6.45) is 4.88. The van der Waals surface area contributed by atoms with Gasteiger partial charge in [0.05, 0.1) is 0 Å². The van der Waals surface area contributed by atoms with E-state index in [1.165, 1.54) is 0 Å². The minimum Gasteiger partial charge on any atom is -0.451 e. The molecule has 0 N–H and O–H groups in total. The Morgan fingerprint density at radius 2 is 1.58 bits per heavy atom. The normalized spacial score (nSPS) is 12.0. The molecule has 128 valence electrons. The summed E-state index contributed by atoms with van der Waals surface area (Å²) in [4.78, 5) is 16.7. The van der Waals surface area contributed by atoms with Gasteiger partial charge in [-0.2, -0.15) is 0 Å². The van der Waals surface area contributed by atoms with Crippen molar-refractivity contribution in [1.82, 2.24) is 9.55 Å². The van der Waals surface area contributed by atoms with Crippen molar-refractivity contribution in [2.24, 2.45) is 0 Å². The molecule has 4 aromatic rings. The van der Waals surface area contributed by atoms with E-state index in [4.69, 9.17) is 4.74 Å². The number of ether oxygens (including phenoxy) is 1. The summed E-state index contributed by atoms with van der Waals surface area (Å²) < 4.78 is 7.77. The number of hydrogen-bond acceptors (Lipinski definition) is 3. The average molecular weight is 342 g/mol. The van der Waals surface area contributed by atoms with E-state index in [9.17, 15) is 4.79 Å². The molecule has 0 aliphatic carbocycles. The van der Waals surface area contributed by atoms with Gasteiger partial charge in [0, 0.05) is 29.7 Å². The summed E-state index contributed by atoms with van der Waals surface area (Å²) in [7, 11) is 0. The van der Waals surface area contributed by atoms with E-state index < -0.39 is 6.10 Å². The van der Waals surface area contributed by atoms with Crippen molar-refractivity contribution in [3.8, 4) is 0 Å². The van der Waals surface area contributed by atoms with Gasteiger partial charge in [0.15, 0.2) is 6.10 Å². The third kappa shape index (κ3) is 3.35. The summed E-state index contributed by atoms with van der Waals surface area (Å²) in [5.41, 5.74) is 2.85. The second-order valence-electron chi connectivity index (χ2n) is 6.06. The van der Waals surface area contributed by atoms with E-state index in [0.717, 1.165) is 22.0 Å². The first kappa shape index (κ1) is 16.1. The topological polar surface area (TPSA) is 44.1 Å². The van der Waals surface area contributed by atoms with Crippen LogP contribution < -0.4 is 0 Å². The van der Waals surface area contributed by atoms with Crippen molar-refractivity contribution in [3.05, 3.63) is 103 Å². The molecule has 4 heteroatoms. The van der Waals surface area contributed by atoms with Crippen molar-refractivity contribution in [2.75, 3.05) is 0 Å². The van der Waals surface area contributed by atoms with Crippen LogP contribution in [0.3, 0.4) is 0 Å². The van der Waals surface area contributed by atoms with Crippen LogP contribution in [0.1, 0.15) is 17.2 Å². The van der Waals surface area contributed by atoms with Gasteiger partial charge in [-0.25, -0.2) is 0 Å². The number of esters is 1. The summed E-state index contributed by atoms with van der Waals surface area (Å²) in [6, 6.07) is 23.5. The Morgan fingerprint density at radius 3 is 2.38 bits per heavy atom. The number of carbonyl (C=O) groups is 1. The van der Waals surface area contributed by atoms with Crippen molar-refractivity contribution in [1.29, 1.82) is 0 Å². The molecule has 2 heterocycles. The number of fused-ring (bicyclic) bond motifs is 1. The molecule has 0 amide bonds. The molecule has 4 nitrogen and oxygen atoms in total. The Labute approximate surface area is 151 Å². The van der Waals surface area contributed by atoms with Gasteiger partial charge in [0.1, 0.15) is 6.54 Å². The van der Waals surface area contributed by atoms with Gasteiger partial charge in [-0.15, -0.1) is 0 Å². The molecule has 26 heavy (non-hydrogen) atoms. The van der Waals surface area contributed by atoms with Crippen LogP contribution in [0.25, 0.3) is 10.9 Å². The fourth-order valence-corrected chi connectivity index (χ4v) is 3.08. The number of hydrogen-bond donors (Lipinski definition) is 0. The minimum absolute atomic E-state index is 0.169. The molecular weight excluding hydrogens is 324 g/mol. The summed E-state index contributed by atoms with van der Waals surface area (Å²) in [5, 5.41) is 1.11. The summed E-state index contributed by atoms with van der Waals surface area (Å²) >= 11 is 0. The lowest BCUT2D eigenvalue weighted by molar-refractivity contribution is -0.148. The smallest absolute Gasteiger partial charge is 0.326 e. The Morgan fingerprint density at radius 1 is 0.885 bits per heavy atom. The zero-order valence-electron chi connectivity index (χ0n) is 14.2. The van der Waals surface area contributed by atoms with Crippen LogP contribution in [0.5, 0.6) is 0 Å². The van der Waals surface area contributed by atoms with Gasteiger partial charge < -0.3 is 9.30 Å². The second-order valence-corrected chi connectivity index (χ2v) is 6.06. The van der Waals surface area contributed by atoms with Crippen LogP contribution in [0.2, 0.25) is 0 Å². The molecule has 0 radical (unpaired) electrons. The number of benzene rings is 2. The molecule has 1 unspecified atom stereocenters. The minimum atomic E-state index is -0.450. The number of rotatable bonds is 5. The predicted octanol–water partition coefficient (Wildman–Crippen LogP) is 4.37. The maximum atomic E-state index is 12.7. The van der Waals surface area contributed by atoms with Crippen molar-refractivity contribution in [2.45, 2.75) is 12.6 Å². The highest BCUT2D eigenvalue weighted by atomic mass is 16.5. The number of para-hydroxylation sites is 1. The van der Waals surface area contributed by atoms with Gasteiger partial charge in [0.2, 0.25) is 0 Å². The molecule has 0 saturated carbocycles. The molecule has 0 saturated heterocycles. The van der Waals surface area contributed by atoms with E-state index in [1.807, 2.05) is 83.6 Å². The summed E-state index contributed by atoms with van der Waals surface area (Å²) in [6.45, 7) is 0.169. The third-order valence-corrected chi connectivity index (χ3v) is 4.34. The lowest BCUT2D eigenvalue weighted by atomic mass is 10.0. The number of nitrogens with zero attached hydrogens (tertiary/aromatic N) is 2. The molecule has 2 aromatic heterocycles. The highest BCUT2D eigenvalue weighted by Gasteiger charge is 2.19. The highest BCUT2D eigenvalue weighted by molar-refractivity contribution is 5.82. The van der Waals surface area contributed by atoms with Crippen LogP contribution in [-0.2, 0) is 16.1 Å².